The number of carbonyl (C=O) groups is 3. The van der Waals surface area contributed by atoms with Crippen LogP contribution in [0.25, 0.3) is 0 Å². The molecule has 1 spiro atoms. The molecule has 6 atom stereocenters. The predicted octanol–water partition coefficient (Wildman–Crippen LogP) is 2.12. The van der Waals surface area contributed by atoms with Gasteiger partial charge in [0.1, 0.15) is 11.6 Å². The number of hydrogen-bond acceptors (Lipinski definition) is 5. The van der Waals surface area contributed by atoms with Crippen LogP contribution in [0.2, 0.25) is 0 Å². The van der Waals surface area contributed by atoms with E-state index in [0.717, 1.165) is 51.4 Å². The van der Waals surface area contributed by atoms with Crippen molar-refractivity contribution < 1.29 is 24.2 Å². The van der Waals surface area contributed by atoms with Crippen LogP contribution in [0.15, 0.2) is 0 Å². The quantitative estimate of drug-likeness (QED) is 0.236. The number of alkyl halides is 1. The Bertz CT molecular complexity index is 708. The third-order valence-corrected chi connectivity index (χ3v) is 8.12. The number of nitrogens with one attached hydrogen (secondary N) is 2. The van der Waals surface area contributed by atoms with Crippen LogP contribution in [-0.2, 0) is 19.1 Å². The predicted molar refractivity (Wildman–Crippen MR) is 129 cm³/mol. The van der Waals surface area contributed by atoms with Gasteiger partial charge in [0, 0.05) is 31.1 Å². The fourth-order valence-corrected chi connectivity index (χ4v) is 6.71. The molecule has 3 unspecified atom stereocenters. The lowest BCUT2D eigenvalue weighted by atomic mass is 9.70. The number of aliphatic hydroxyl groups is 1. The molecule has 3 saturated heterocycles. The second kappa shape index (κ2) is 12.0. The van der Waals surface area contributed by atoms with Crippen LogP contribution in [-0.4, -0.2) is 76.5 Å². The SMILES string of the molecule is CCCCCNC(=O)C1N(CCCCCCO)C(=O)[C@@H]2[C@@H](C(=O)NCCC)[C@@H]3OC12CC3Br. The Hall–Kier alpha value is -1.19. The fourth-order valence-electron chi connectivity index (χ4n) is 5.77. The van der Waals surface area contributed by atoms with E-state index >= 15 is 0 Å². The number of halogens is 1. The highest BCUT2D eigenvalue weighted by Crippen LogP contribution is 2.59. The van der Waals surface area contributed by atoms with Gasteiger partial charge in [0.05, 0.1) is 17.9 Å². The Kier molecular flexibility index (Phi) is 9.59. The van der Waals surface area contributed by atoms with E-state index in [1.807, 2.05) is 6.92 Å². The van der Waals surface area contributed by atoms with Crippen LogP contribution in [0.5, 0.6) is 0 Å². The number of hydrogen-bond donors (Lipinski definition) is 3. The number of carbonyl (C=O) groups excluding carboxylic acids is 3. The summed E-state index contributed by atoms with van der Waals surface area (Å²) in [7, 11) is 0. The van der Waals surface area contributed by atoms with Crippen molar-refractivity contribution in [3.05, 3.63) is 0 Å². The number of ether oxygens (including phenoxy) is 1. The number of rotatable bonds is 14. The second-order valence-electron chi connectivity index (χ2n) is 9.62. The van der Waals surface area contributed by atoms with Crippen LogP contribution >= 0.6 is 15.9 Å². The molecule has 0 saturated carbocycles. The van der Waals surface area contributed by atoms with Crippen molar-refractivity contribution in [3.63, 3.8) is 0 Å². The Balaban J connectivity index is 1.83. The molecule has 0 aromatic rings. The van der Waals surface area contributed by atoms with Gasteiger partial charge in [0.15, 0.2) is 0 Å². The number of aliphatic hydroxyl groups excluding tert-OH is 1. The number of fused-ring (bicyclic) bond motifs is 1. The molecule has 3 amide bonds. The summed E-state index contributed by atoms with van der Waals surface area (Å²) in [5.74, 6) is -1.68. The minimum atomic E-state index is -0.968. The lowest BCUT2D eigenvalue weighted by molar-refractivity contribution is -0.142. The first-order valence-electron chi connectivity index (χ1n) is 12.7. The fraction of sp³-hybridized carbons (Fsp3) is 0.875. The van der Waals surface area contributed by atoms with Crippen LogP contribution in [0.4, 0.5) is 0 Å². The summed E-state index contributed by atoms with van der Waals surface area (Å²) in [5, 5.41) is 15.0. The molecule has 0 aromatic carbocycles. The maximum Gasteiger partial charge on any atom is 0.245 e. The molecule has 3 fully saturated rings. The first-order chi connectivity index (χ1) is 15.9. The van der Waals surface area contributed by atoms with Gasteiger partial charge in [-0.3, -0.25) is 14.4 Å². The minimum absolute atomic E-state index is 0.0705. The van der Waals surface area contributed by atoms with Crippen LogP contribution in [0, 0.1) is 11.8 Å². The van der Waals surface area contributed by atoms with Crippen molar-refractivity contribution in [2.75, 3.05) is 26.2 Å². The Morgan fingerprint density at radius 2 is 1.79 bits per heavy atom. The Morgan fingerprint density at radius 1 is 1.06 bits per heavy atom. The smallest absolute Gasteiger partial charge is 0.245 e. The number of nitrogens with zero attached hydrogens (tertiary/aromatic N) is 1. The molecule has 8 nitrogen and oxygen atoms in total. The standard InChI is InChI=1S/C24H40BrN3O5/c1-3-5-8-12-27-22(31)20-24-15-16(25)19(33-24)17(21(30)26-11-4-2)18(24)23(32)28(20)13-9-6-7-10-14-29/h16-20,29H,3-15H2,1-2H3,(H,26,30)(H,27,31)/t16?,17-,18+,19-,20?,24?/m1/s1. The molecular formula is C24H40BrN3O5. The van der Waals surface area contributed by atoms with Gasteiger partial charge in [0.25, 0.3) is 0 Å². The highest BCUT2D eigenvalue weighted by atomic mass is 79.9. The van der Waals surface area contributed by atoms with Gasteiger partial charge >= 0.3 is 0 Å². The van der Waals surface area contributed by atoms with E-state index < -0.39 is 29.6 Å². The third kappa shape index (κ3) is 5.25. The molecule has 3 heterocycles. The first kappa shape index (κ1) is 26.4. The summed E-state index contributed by atoms with van der Waals surface area (Å²) in [4.78, 5) is 41.8. The summed E-state index contributed by atoms with van der Waals surface area (Å²) in [5.41, 5.74) is -0.968. The summed E-state index contributed by atoms with van der Waals surface area (Å²) in [6.45, 7) is 5.85. The van der Waals surface area contributed by atoms with Gasteiger partial charge in [-0.2, -0.15) is 0 Å². The first-order valence-corrected chi connectivity index (χ1v) is 13.6. The highest BCUT2D eigenvalue weighted by Gasteiger charge is 2.76. The van der Waals surface area contributed by atoms with Crippen molar-refractivity contribution in [2.45, 2.75) is 94.2 Å². The van der Waals surface area contributed by atoms with Crippen LogP contribution < -0.4 is 10.6 Å². The molecule has 33 heavy (non-hydrogen) atoms. The maximum atomic E-state index is 13.7. The average molecular weight is 531 g/mol. The monoisotopic (exact) mass is 529 g/mol. The largest absolute Gasteiger partial charge is 0.396 e. The van der Waals surface area contributed by atoms with Crippen molar-refractivity contribution in [1.29, 1.82) is 0 Å². The van der Waals surface area contributed by atoms with Crippen LogP contribution in [0.3, 0.4) is 0 Å². The zero-order chi connectivity index (χ0) is 24.0. The zero-order valence-corrected chi connectivity index (χ0v) is 21.6. The van der Waals surface area contributed by atoms with Gasteiger partial charge in [-0.05, 0) is 32.1 Å². The normalized spacial score (nSPS) is 32.3. The van der Waals surface area contributed by atoms with Crippen LogP contribution in [0.1, 0.15) is 71.6 Å². The van der Waals surface area contributed by atoms with E-state index in [1.54, 1.807) is 4.90 Å². The van der Waals surface area contributed by atoms with E-state index in [9.17, 15) is 14.4 Å². The van der Waals surface area contributed by atoms with E-state index in [0.29, 0.717) is 26.1 Å². The molecule has 188 valence electrons. The number of amides is 3. The summed E-state index contributed by atoms with van der Waals surface area (Å²) in [6, 6.07) is -0.719. The van der Waals surface area contributed by atoms with Gasteiger partial charge < -0.3 is 25.4 Å². The molecule has 2 bridgehead atoms. The Labute approximate surface area is 205 Å². The summed E-state index contributed by atoms with van der Waals surface area (Å²) >= 11 is 3.68. The van der Waals surface area contributed by atoms with Crippen molar-refractivity contribution in [1.82, 2.24) is 15.5 Å². The van der Waals surface area contributed by atoms with E-state index in [-0.39, 0.29) is 29.2 Å². The molecule has 0 aromatic heterocycles. The molecular weight excluding hydrogens is 490 g/mol. The van der Waals surface area contributed by atoms with Crippen molar-refractivity contribution in [3.8, 4) is 0 Å². The van der Waals surface area contributed by atoms with E-state index in [4.69, 9.17) is 9.84 Å². The second-order valence-corrected chi connectivity index (χ2v) is 10.8. The third-order valence-electron chi connectivity index (χ3n) is 7.28. The lowest BCUT2D eigenvalue weighted by Gasteiger charge is -2.34. The zero-order valence-electron chi connectivity index (χ0n) is 20.0. The molecule has 0 aliphatic carbocycles. The number of likely N-dealkylation sites (tertiary alicyclic amines) is 1. The minimum Gasteiger partial charge on any atom is -0.396 e. The van der Waals surface area contributed by atoms with E-state index in [2.05, 4.69) is 33.5 Å². The molecule has 0 radical (unpaired) electrons. The highest BCUT2D eigenvalue weighted by molar-refractivity contribution is 9.09. The topological polar surface area (TPSA) is 108 Å². The van der Waals surface area contributed by atoms with Crippen molar-refractivity contribution >= 4 is 33.7 Å². The van der Waals surface area contributed by atoms with E-state index in [1.165, 1.54) is 0 Å². The van der Waals surface area contributed by atoms with Gasteiger partial charge in [-0.15, -0.1) is 0 Å². The molecule has 9 heteroatoms. The van der Waals surface area contributed by atoms with Gasteiger partial charge in [-0.1, -0.05) is 55.5 Å². The Morgan fingerprint density at radius 3 is 2.48 bits per heavy atom. The lowest BCUT2D eigenvalue weighted by Crippen LogP contribution is -2.56. The van der Waals surface area contributed by atoms with Gasteiger partial charge in [-0.25, -0.2) is 0 Å². The average Bonchev–Trinajstić information content (AvgIpc) is 3.38. The van der Waals surface area contributed by atoms with Gasteiger partial charge in [0.2, 0.25) is 17.7 Å². The molecule has 3 aliphatic rings. The molecule has 3 aliphatic heterocycles. The summed E-state index contributed by atoms with van der Waals surface area (Å²) < 4.78 is 6.45. The van der Waals surface area contributed by atoms with Crippen molar-refractivity contribution in [2.24, 2.45) is 11.8 Å². The summed E-state index contributed by atoms with van der Waals surface area (Å²) in [6.07, 6.45) is 7.18. The molecule has 3 N–H and O–H groups in total. The number of unbranched alkanes of at least 4 members (excludes halogenated alkanes) is 5. The maximum absolute atomic E-state index is 13.7. The molecule has 3 rings (SSSR count).